The van der Waals surface area contributed by atoms with E-state index in [1.165, 1.54) is 51.6 Å². The van der Waals surface area contributed by atoms with Gasteiger partial charge in [-0.2, -0.15) is 0 Å². The molecule has 0 aliphatic heterocycles. The van der Waals surface area contributed by atoms with Crippen LogP contribution in [-0.2, 0) is 0 Å². The smallest absolute Gasteiger partial charge is 0.0165 e. The first-order chi connectivity index (χ1) is 10.1. The summed E-state index contributed by atoms with van der Waals surface area (Å²) in [7, 11) is 0. The molecule has 0 aliphatic rings. The first-order valence-electron chi connectivity index (χ1n) is 7.53. The monoisotopic (exact) mass is 520 g/mol. The second kappa shape index (κ2) is 8.13. The largest absolute Gasteiger partial charge is 0.0469 e. The lowest BCUT2D eigenvalue weighted by molar-refractivity contribution is 1.20. The Bertz CT molecular complexity index is 584. The average molecular weight is 520 g/mol. The van der Waals surface area contributed by atoms with E-state index in [1.807, 2.05) is 0 Å². The third-order valence-corrected chi connectivity index (χ3v) is 7.08. The van der Waals surface area contributed by atoms with Crippen molar-refractivity contribution < 1.29 is 0 Å². The van der Waals surface area contributed by atoms with Crippen LogP contribution < -0.4 is 0 Å². The van der Waals surface area contributed by atoms with Crippen LogP contribution in [0.25, 0.3) is 0 Å². The van der Waals surface area contributed by atoms with Crippen molar-refractivity contribution >= 4 is 45.2 Å². The van der Waals surface area contributed by atoms with Gasteiger partial charge in [-0.25, -0.2) is 0 Å². The normalized spacial score (nSPS) is 10.3. The van der Waals surface area contributed by atoms with Crippen molar-refractivity contribution in [3.8, 4) is 0 Å². The lowest BCUT2D eigenvalue weighted by Gasteiger charge is -2.09. The van der Waals surface area contributed by atoms with Gasteiger partial charge in [0.25, 0.3) is 0 Å². The maximum Gasteiger partial charge on any atom is 0.0165 e. The second-order valence-electron chi connectivity index (χ2n) is 6.10. The Labute approximate surface area is 163 Å². The van der Waals surface area contributed by atoms with Crippen LogP contribution in [0.5, 0.6) is 0 Å². The highest BCUT2D eigenvalue weighted by atomic mass is 127. The Balaban J connectivity index is 0.000000220. The van der Waals surface area contributed by atoms with Crippen LogP contribution in [-0.4, -0.2) is 0 Å². The molecule has 2 aromatic rings. The topological polar surface area (TPSA) is 0 Å². The molecule has 0 spiro atoms. The Kier molecular flexibility index (Phi) is 7.37. The molecular formula is C20H26I2. The highest BCUT2D eigenvalue weighted by molar-refractivity contribution is 14.1. The molecule has 2 rings (SSSR count). The van der Waals surface area contributed by atoms with Crippen LogP contribution in [0, 0.1) is 62.5 Å². The molecule has 22 heavy (non-hydrogen) atoms. The fraction of sp³-hybridized carbons (Fsp3) is 0.400. The molecule has 0 atom stereocenters. The van der Waals surface area contributed by atoms with Gasteiger partial charge in [0.2, 0.25) is 0 Å². The molecule has 2 heteroatoms. The first kappa shape index (κ1) is 19.9. The van der Waals surface area contributed by atoms with Crippen LogP contribution in [0.3, 0.4) is 0 Å². The van der Waals surface area contributed by atoms with Gasteiger partial charge in [0.1, 0.15) is 0 Å². The van der Waals surface area contributed by atoms with Gasteiger partial charge in [-0.3, -0.25) is 0 Å². The van der Waals surface area contributed by atoms with Crippen molar-refractivity contribution in [3.05, 3.63) is 63.8 Å². The summed E-state index contributed by atoms with van der Waals surface area (Å²) in [5.41, 5.74) is 11.4. The second-order valence-corrected chi connectivity index (χ2v) is 8.42. The maximum absolute atomic E-state index is 2.39. The number of benzene rings is 2. The average Bonchev–Trinajstić information content (AvgIpc) is 2.47. The number of rotatable bonds is 0. The van der Waals surface area contributed by atoms with Gasteiger partial charge >= 0.3 is 0 Å². The van der Waals surface area contributed by atoms with Crippen LogP contribution >= 0.6 is 45.2 Å². The molecule has 0 N–H and O–H groups in total. The minimum atomic E-state index is 1.38. The number of hydrogen-bond acceptors (Lipinski definition) is 0. The van der Waals surface area contributed by atoms with Crippen LogP contribution in [0.4, 0.5) is 0 Å². The van der Waals surface area contributed by atoms with Crippen molar-refractivity contribution in [2.45, 2.75) is 55.4 Å². The molecule has 0 aromatic heterocycles. The summed E-state index contributed by atoms with van der Waals surface area (Å²) in [6.45, 7) is 17.5. The van der Waals surface area contributed by atoms with E-state index in [9.17, 15) is 0 Å². The summed E-state index contributed by atoms with van der Waals surface area (Å²) in [5.74, 6) is 0. The summed E-state index contributed by atoms with van der Waals surface area (Å²) in [6.07, 6.45) is 0. The minimum absolute atomic E-state index is 1.38. The van der Waals surface area contributed by atoms with Crippen molar-refractivity contribution in [3.63, 3.8) is 0 Å². The van der Waals surface area contributed by atoms with Gasteiger partial charge in [-0.1, -0.05) is 0 Å². The molecule has 0 saturated heterocycles. The van der Waals surface area contributed by atoms with Gasteiger partial charge in [-0.05, 0) is 157 Å². The fourth-order valence-electron chi connectivity index (χ4n) is 2.33. The Morgan fingerprint density at radius 1 is 0.455 bits per heavy atom. The molecule has 2 aromatic carbocycles. The maximum atomic E-state index is 2.39. The standard InChI is InChI=1S/2C10H13I/c2*1-6-5-10(11)9(4)8(3)7(6)2/h2*5H,1-4H3. The Morgan fingerprint density at radius 2 is 0.727 bits per heavy atom. The highest BCUT2D eigenvalue weighted by Crippen LogP contribution is 2.22. The molecule has 0 heterocycles. The predicted octanol–water partition coefficient (Wildman–Crippen LogP) is 7.05. The van der Waals surface area contributed by atoms with Gasteiger partial charge in [0.05, 0.1) is 0 Å². The number of aryl methyl sites for hydroxylation is 2. The van der Waals surface area contributed by atoms with Crippen molar-refractivity contribution in [1.82, 2.24) is 0 Å². The summed E-state index contributed by atoms with van der Waals surface area (Å²) >= 11 is 4.78. The first-order valence-corrected chi connectivity index (χ1v) is 9.69. The van der Waals surface area contributed by atoms with E-state index in [0.29, 0.717) is 0 Å². The molecule has 0 saturated carbocycles. The van der Waals surface area contributed by atoms with Crippen molar-refractivity contribution in [1.29, 1.82) is 0 Å². The summed E-state index contributed by atoms with van der Waals surface area (Å²) in [4.78, 5) is 0. The van der Waals surface area contributed by atoms with Gasteiger partial charge in [0.15, 0.2) is 0 Å². The van der Waals surface area contributed by atoms with E-state index < -0.39 is 0 Å². The summed E-state index contributed by atoms with van der Waals surface area (Å²) < 4.78 is 2.76. The zero-order chi connectivity index (χ0) is 17.2. The lowest BCUT2D eigenvalue weighted by atomic mass is 10.0. The quantitative estimate of drug-likeness (QED) is 0.327. The predicted molar refractivity (Wildman–Crippen MR) is 116 cm³/mol. The minimum Gasteiger partial charge on any atom is -0.0469 e. The summed E-state index contributed by atoms with van der Waals surface area (Å²) in [5, 5.41) is 0. The molecular weight excluding hydrogens is 494 g/mol. The Hall–Kier alpha value is -0.100. The van der Waals surface area contributed by atoms with E-state index in [0.717, 1.165) is 0 Å². The molecule has 0 bridgehead atoms. The van der Waals surface area contributed by atoms with Gasteiger partial charge < -0.3 is 0 Å². The molecule has 0 nitrogen and oxygen atoms in total. The molecule has 0 unspecified atom stereocenters. The van der Waals surface area contributed by atoms with Crippen molar-refractivity contribution in [2.75, 3.05) is 0 Å². The van der Waals surface area contributed by atoms with Crippen LogP contribution in [0.2, 0.25) is 0 Å². The zero-order valence-electron chi connectivity index (χ0n) is 14.9. The summed E-state index contributed by atoms with van der Waals surface area (Å²) in [6, 6.07) is 4.50. The van der Waals surface area contributed by atoms with E-state index in [2.05, 4.69) is 113 Å². The zero-order valence-corrected chi connectivity index (χ0v) is 19.2. The molecule has 0 radical (unpaired) electrons. The SMILES string of the molecule is Cc1cc(I)c(C)c(C)c1C.Cc1cc(I)c(C)c(C)c1C. The van der Waals surface area contributed by atoms with Crippen molar-refractivity contribution in [2.24, 2.45) is 0 Å². The molecule has 0 aliphatic carbocycles. The Morgan fingerprint density at radius 3 is 1.00 bits per heavy atom. The van der Waals surface area contributed by atoms with Gasteiger partial charge in [-0.15, -0.1) is 0 Å². The van der Waals surface area contributed by atoms with Crippen LogP contribution in [0.1, 0.15) is 44.5 Å². The number of hydrogen-bond donors (Lipinski definition) is 0. The van der Waals surface area contributed by atoms with E-state index in [1.54, 1.807) is 0 Å². The molecule has 0 amide bonds. The van der Waals surface area contributed by atoms with Crippen LogP contribution in [0.15, 0.2) is 12.1 Å². The highest BCUT2D eigenvalue weighted by Gasteiger charge is 2.04. The lowest BCUT2D eigenvalue weighted by Crippen LogP contribution is -1.93. The van der Waals surface area contributed by atoms with E-state index in [4.69, 9.17) is 0 Å². The molecule has 0 fully saturated rings. The van der Waals surface area contributed by atoms with Gasteiger partial charge in [0, 0.05) is 7.14 Å². The third-order valence-electron chi connectivity index (χ3n) is 4.84. The fourth-order valence-corrected chi connectivity index (χ4v) is 4.07. The molecule has 120 valence electrons. The number of halogens is 2. The third kappa shape index (κ3) is 4.47. The van der Waals surface area contributed by atoms with E-state index in [-0.39, 0.29) is 0 Å². The van der Waals surface area contributed by atoms with E-state index >= 15 is 0 Å².